The molecule has 2 unspecified atom stereocenters. The maximum atomic E-state index is 11.7. The summed E-state index contributed by atoms with van der Waals surface area (Å²) in [7, 11) is 0. The smallest absolute Gasteiger partial charge is 0.326 e. The van der Waals surface area contributed by atoms with Gasteiger partial charge in [-0.3, -0.25) is 9.59 Å². The molecule has 1 saturated heterocycles. The van der Waals surface area contributed by atoms with Crippen LogP contribution in [0.3, 0.4) is 0 Å². The molecule has 1 rings (SSSR count). The van der Waals surface area contributed by atoms with Crippen LogP contribution in [-0.2, 0) is 14.4 Å². The predicted molar refractivity (Wildman–Crippen MR) is 59.0 cm³/mol. The first kappa shape index (κ1) is 13.4. The highest BCUT2D eigenvalue weighted by atomic mass is 16.4. The van der Waals surface area contributed by atoms with E-state index in [1.54, 1.807) is 0 Å². The van der Waals surface area contributed by atoms with Crippen LogP contribution in [0.15, 0.2) is 0 Å². The number of aliphatic carboxylic acids is 1. The molecule has 1 aliphatic rings. The molecule has 0 aromatic heterocycles. The maximum absolute atomic E-state index is 11.7. The SMILES string of the molecule is NC(=O)CCC(NC(=O)C1CCCN1)C(=O)O. The molecule has 96 valence electrons. The van der Waals surface area contributed by atoms with Gasteiger partial charge in [0.25, 0.3) is 0 Å². The normalized spacial score (nSPS) is 20.8. The quantitative estimate of drug-likeness (QED) is 0.456. The van der Waals surface area contributed by atoms with E-state index in [0.717, 1.165) is 13.0 Å². The predicted octanol–water partition coefficient (Wildman–Crippen LogP) is -1.43. The van der Waals surface area contributed by atoms with Crippen LogP contribution in [0.25, 0.3) is 0 Å². The summed E-state index contributed by atoms with van der Waals surface area (Å²) in [6.07, 6.45) is 1.56. The molecule has 1 heterocycles. The number of carbonyl (C=O) groups is 3. The van der Waals surface area contributed by atoms with E-state index in [2.05, 4.69) is 10.6 Å². The second kappa shape index (κ2) is 6.19. The summed E-state index contributed by atoms with van der Waals surface area (Å²) in [5.41, 5.74) is 4.94. The molecule has 17 heavy (non-hydrogen) atoms. The molecular formula is C10H17N3O4. The van der Waals surface area contributed by atoms with Crippen LogP contribution >= 0.6 is 0 Å². The van der Waals surface area contributed by atoms with Crippen LogP contribution in [0.4, 0.5) is 0 Å². The van der Waals surface area contributed by atoms with Gasteiger partial charge in [-0.1, -0.05) is 0 Å². The van der Waals surface area contributed by atoms with Crippen molar-refractivity contribution < 1.29 is 19.5 Å². The Bertz CT molecular complexity index is 313. The minimum atomic E-state index is -1.16. The zero-order valence-corrected chi connectivity index (χ0v) is 9.44. The van der Waals surface area contributed by atoms with Gasteiger partial charge < -0.3 is 21.5 Å². The van der Waals surface area contributed by atoms with Crippen molar-refractivity contribution in [2.24, 2.45) is 5.73 Å². The van der Waals surface area contributed by atoms with Crippen LogP contribution in [0, 0.1) is 0 Å². The Labute approximate surface area is 98.7 Å². The minimum absolute atomic E-state index is 0.0170. The number of primary amides is 1. The molecule has 2 amide bonds. The Balaban J connectivity index is 2.44. The number of carboxylic acid groups (broad SMARTS) is 1. The highest BCUT2D eigenvalue weighted by molar-refractivity contribution is 5.87. The molecule has 0 saturated carbocycles. The van der Waals surface area contributed by atoms with Gasteiger partial charge >= 0.3 is 5.97 Å². The summed E-state index contributed by atoms with van der Waals surface area (Å²) in [6.45, 7) is 0.761. The van der Waals surface area contributed by atoms with Crippen molar-refractivity contribution in [3.05, 3.63) is 0 Å². The van der Waals surface area contributed by atoms with E-state index in [-0.39, 0.29) is 24.8 Å². The van der Waals surface area contributed by atoms with Gasteiger partial charge in [0.2, 0.25) is 11.8 Å². The second-order valence-electron chi connectivity index (χ2n) is 4.05. The number of carboxylic acids is 1. The van der Waals surface area contributed by atoms with Crippen LogP contribution in [0.1, 0.15) is 25.7 Å². The molecule has 7 nitrogen and oxygen atoms in total. The first-order valence-electron chi connectivity index (χ1n) is 5.55. The van der Waals surface area contributed by atoms with E-state index in [0.29, 0.717) is 6.42 Å². The Morgan fingerprint density at radius 3 is 2.65 bits per heavy atom. The second-order valence-corrected chi connectivity index (χ2v) is 4.05. The Kier molecular flexibility index (Phi) is 4.89. The lowest BCUT2D eigenvalue weighted by Crippen LogP contribution is -2.48. The van der Waals surface area contributed by atoms with Crippen LogP contribution in [-0.4, -0.2) is 41.5 Å². The molecule has 5 N–H and O–H groups in total. The summed E-state index contributed by atoms with van der Waals surface area (Å²) >= 11 is 0. The number of hydrogen-bond donors (Lipinski definition) is 4. The molecule has 0 radical (unpaired) electrons. The lowest BCUT2D eigenvalue weighted by molar-refractivity contribution is -0.142. The summed E-state index contributed by atoms with van der Waals surface area (Å²) in [5, 5.41) is 14.3. The lowest BCUT2D eigenvalue weighted by Gasteiger charge is -2.16. The number of hydrogen-bond acceptors (Lipinski definition) is 4. The molecule has 0 aliphatic carbocycles. The van der Waals surface area contributed by atoms with Crippen LogP contribution in [0.5, 0.6) is 0 Å². The molecule has 7 heteroatoms. The average Bonchev–Trinajstić information content (AvgIpc) is 2.76. The number of nitrogens with two attached hydrogens (primary N) is 1. The molecule has 2 atom stereocenters. The lowest BCUT2D eigenvalue weighted by atomic mass is 10.1. The molecule has 0 aromatic carbocycles. The molecule has 1 aliphatic heterocycles. The van der Waals surface area contributed by atoms with E-state index in [1.165, 1.54) is 0 Å². The minimum Gasteiger partial charge on any atom is -0.480 e. The van der Waals surface area contributed by atoms with E-state index >= 15 is 0 Å². The van der Waals surface area contributed by atoms with Crippen molar-refractivity contribution in [1.82, 2.24) is 10.6 Å². The van der Waals surface area contributed by atoms with Gasteiger partial charge in [-0.05, 0) is 25.8 Å². The Hall–Kier alpha value is -1.63. The molecule has 0 aromatic rings. The average molecular weight is 243 g/mol. The first-order chi connectivity index (χ1) is 8.00. The van der Waals surface area contributed by atoms with Crippen LogP contribution < -0.4 is 16.4 Å². The summed E-state index contributed by atoms with van der Waals surface area (Å²) in [4.78, 5) is 33.1. The standard InChI is InChI=1S/C10H17N3O4/c11-8(14)4-3-7(10(16)17)13-9(15)6-2-1-5-12-6/h6-7,12H,1-5H2,(H2,11,14)(H,13,15)(H,16,17). The number of amides is 2. The number of carbonyl (C=O) groups excluding carboxylic acids is 2. The zero-order valence-electron chi connectivity index (χ0n) is 9.44. The fourth-order valence-corrected chi connectivity index (χ4v) is 1.72. The third-order valence-corrected chi connectivity index (χ3v) is 2.67. The third kappa shape index (κ3) is 4.39. The van der Waals surface area contributed by atoms with Gasteiger partial charge in [0.15, 0.2) is 0 Å². The largest absolute Gasteiger partial charge is 0.480 e. The van der Waals surface area contributed by atoms with Crippen molar-refractivity contribution in [2.75, 3.05) is 6.54 Å². The Morgan fingerprint density at radius 1 is 1.47 bits per heavy atom. The molecule has 0 bridgehead atoms. The fourth-order valence-electron chi connectivity index (χ4n) is 1.72. The van der Waals surface area contributed by atoms with Crippen molar-refractivity contribution in [1.29, 1.82) is 0 Å². The summed E-state index contributed by atoms with van der Waals surface area (Å²) in [6, 6.07) is -1.39. The van der Waals surface area contributed by atoms with Crippen molar-refractivity contribution in [3.8, 4) is 0 Å². The molecule has 1 fully saturated rings. The first-order valence-corrected chi connectivity index (χ1v) is 5.55. The summed E-state index contributed by atoms with van der Waals surface area (Å²) in [5.74, 6) is -2.07. The van der Waals surface area contributed by atoms with Gasteiger partial charge in [-0.2, -0.15) is 0 Å². The van der Waals surface area contributed by atoms with Crippen LogP contribution in [0.2, 0.25) is 0 Å². The van der Waals surface area contributed by atoms with E-state index in [1.807, 2.05) is 0 Å². The molecular weight excluding hydrogens is 226 g/mol. The van der Waals surface area contributed by atoms with Crippen molar-refractivity contribution in [2.45, 2.75) is 37.8 Å². The van der Waals surface area contributed by atoms with Gasteiger partial charge in [0.1, 0.15) is 6.04 Å². The van der Waals surface area contributed by atoms with E-state index in [4.69, 9.17) is 10.8 Å². The van der Waals surface area contributed by atoms with E-state index < -0.39 is 17.9 Å². The zero-order chi connectivity index (χ0) is 12.8. The van der Waals surface area contributed by atoms with Gasteiger partial charge in [0.05, 0.1) is 6.04 Å². The number of rotatable bonds is 6. The van der Waals surface area contributed by atoms with E-state index in [9.17, 15) is 14.4 Å². The van der Waals surface area contributed by atoms with Gasteiger partial charge in [-0.25, -0.2) is 4.79 Å². The van der Waals surface area contributed by atoms with Gasteiger partial charge in [0, 0.05) is 6.42 Å². The monoisotopic (exact) mass is 243 g/mol. The molecule has 0 spiro atoms. The topological polar surface area (TPSA) is 122 Å². The van der Waals surface area contributed by atoms with Crippen molar-refractivity contribution in [3.63, 3.8) is 0 Å². The van der Waals surface area contributed by atoms with Crippen molar-refractivity contribution >= 4 is 17.8 Å². The summed E-state index contributed by atoms with van der Waals surface area (Å²) < 4.78 is 0. The highest BCUT2D eigenvalue weighted by Crippen LogP contribution is 2.06. The maximum Gasteiger partial charge on any atom is 0.326 e. The number of nitrogens with one attached hydrogen (secondary N) is 2. The highest BCUT2D eigenvalue weighted by Gasteiger charge is 2.27. The fraction of sp³-hybridized carbons (Fsp3) is 0.700. The Morgan fingerprint density at radius 2 is 2.18 bits per heavy atom. The third-order valence-electron chi connectivity index (χ3n) is 2.67. The van der Waals surface area contributed by atoms with Gasteiger partial charge in [-0.15, -0.1) is 0 Å².